The maximum Gasteiger partial charge on any atom is 0.276 e. The largest absolute Gasteiger partial charge is 0.361 e. The van der Waals surface area contributed by atoms with E-state index >= 15 is 0 Å². The van der Waals surface area contributed by atoms with Gasteiger partial charge in [0.05, 0.1) is 17.2 Å². The van der Waals surface area contributed by atoms with Gasteiger partial charge in [-0.15, -0.1) is 0 Å². The summed E-state index contributed by atoms with van der Waals surface area (Å²) in [5.41, 5.74) is 1.07. The number of likely N-dealkylation sites (tertiary alicyclic amines) is 1. The third-order valence-electron chi connectivity index (χ3n) is 4.94. The molecule has 3 heterocycles. The summed E-state index contributed by atoms with van der Waals surface area (Å²) in [5, 5.41) is 4.44. The van der Waals surface area contributed by atoms with Gasteiger partial charge >= 0.3 is 0 Å². The lowest BCUT2D eigenvalue weighted by atomic mass is 9.96. The van der Waals surface area contributed by atoms with Crippen LogP contribution in [-0.4, -0.2) is 38.6 Å². The summed E-state index contributed by atoms with van der Waals surface area (Å²) in [5.74, 6) is 0.884. The van der Waals surface area contributed by atoms with Crippen LogP contribution >= 0.6 is 0 Å². The number of nitrogens with zero attached hydrogens (tertiary/aromatic N) is 4. The molecule has 0 saturated carbocycles. The standard InChI is InChI=1S/C19H20N4O3/c1-13-10-17(21-26-13)19(25)22-8-6-14(7-9-22)11-23-12-20-16-5-3-2-4-15(16)18(23)24/h2-5,10,12,14H,6-9,11H2,1H3. The molecule has 3 aromatic rings. The average Bonchev–Trinajstić information content (AvgIpc) is 3.11. The van der Waals surface area contributed by atoms with Crippen LogP contribution in [0.15, 0.2) is 46.0 Å². The Morgan fingerprint density at radius 1 is 1.27 bits per heavy atom. The first-order chi connectivity index (χ1) is 12.6. The minimum Gasteiger partial charge on any atom is -0.361 e. The predicted octanol–water partition coefficient (Wildman–Crippen LogP) is 2.25. The number of hydrogen-bond donors (Lipinski definition) is 0. The highest BCUT2D eigenvalue weighted by atomic mass is 16.5. The van der Waals surface area contributed by atoms with E-state index in [0.717, 1.165) is 18.4 Å². The Hall–Kier alpha value is -2.96. The second-order valence-electron chi connectivity index (χ2n) is 6.78. The summed E-state index contributed by atoms with van der Waals surface area (Å²) in [4.78, 5) is 31.2. The zero-order valence-corrected chi connectivity index (χ0v) is 14.6. The van der Waals surface area contributed by atoms with Gasteiger partial charge in [0, 0.05) is 25.7 Å². The molecule has 0 N–H and O–H groups in total. The van der Waals surface area contributed by atoms with Gasteiger partial charge in [0.15, 0.2) is 5.69 Å². The van der Waals surface area contributed by atoms with Crippen molar-refractivity contribution in [2.45, 2.75) is 26.3 Å². The number of benzene rings is 1. The van der Waals surface area contributed by atoms with Crippen molar-refractivity contribution < 1.29 is 9.32 Å². The number of para-hydroxylation sites is 1. The van der Waals surface area contributed by atoms with Crippen LogP contribution in [-0.2, 0) is 6.54 Å². The van der Waals surface area contributed by atoms with Gasteiger partial charge < -0.3 is 9.42 Å². The molecule has 1 saturated heterocycles. The van der Waals surface area contributed by atoms with E-state index in [4.69, 9.17) is 4.52 Å². The number of piperidine rings is 1. The molecule has 0 atom stereocenters. The summed E-state index contributed by atoms with van der Waals surface area (Å²) in [6.45, 7) is 3.71. The first-order valence-electron chi connectivity index (χ1n) is 8.78. The molecule has 0 spiro atoms. The number of amides is 1. The Bertz CT molecular complexity index is 999. The van der Waals surface area contributed by atoms with Crippen LogP contribution in [0.25, 0.3) is 10.9 Å². The van der Waals surface area contributed by atoms with Gasteiger partial charge in [-0.2, -0.15) is 0 Å². The average molecular weight is 352 g/mol. The van der Waals surface area contributed by atoms with Crippen molar-refractivity contribution in [1.82, 2.24) is 19.6 Å². The number of hydrogen-bond acceptors (Lipinski definition) is 5. The Morgan fingerprint density at radius 2 is 2.04 bits per heavy atom. The highest BCUT2D eigenvalue weighted by Crippen LogP contribution is 2.20. The fourth-order valence-electron chi connectivity index (χ4n) is 3.46. The van der Waals surface area contributed by atoms with Gasteiger partial charge in [0.25, 0.3) is 11.5 Å². The monoisotopic (exact) mass is 352 g/mol. The summed E-state index contributed by atoms with van der Waals surface area (Å²) in [6, 6.07) is 9.04. The first-order valence-corrected chi connectivity index (χ1v) is 8.78. The van der Waals surface area contributed by atoms with Crippen molar-refractivity contribution in [2.75, 3.05) is 13.1 Å². The number of fused-ring (bicyclic) bond motifs is 1. The molecule has 2 aromatic heterocycles. The molecule has 4 rings (SSSR count). The fraction of sp³-hybridized carbons (Fsp3) is 0.368. The topological polar surface area (TPSA) is 81.2 Å². The lowest BCUT2D eigenvalue weighted by Gasteiger charge is -2.31. The normalized spacial score (nSPS) is 15.5. The van der Waals surface area contributed by atoms with Crippen LogP contribution in [0.4, 0.5) is 0 Å². The number of aromatic nitrogens is 3. The highest BCUT2D eigenvalue weighted by molar-refractivity contribution is 5.92. The second-order valence-corrected chi connectivity index (χ2v) is 6.78. The van der Waals surface area contributed by atoms with E-state index in [1.54, 1.807) is 28.8 Å². The van der Waals surface area contributed by atoms with Crippen molar-refractivity contribution >= 4 is 16.8 Å². The van der Waals surface area contributed by atoms with Crippen LogP contribution in [0.1, 0.15) is 29.1 Å². The maximum absolute atomic E-state index is 12.6. The van der Waals surface area contributed by atoms with E-state index in [0.29, 0.717) is 42.4 Å². The second kappa shape index (κ2) is 6.74. The third kappa shape index (κ3) is 3.12. The van der Waals surface area contributed by atoms with E-state index in [-0.39, 0.29) is 11.5 Å². The van der Waals surface area contributed by atoms with Gasteiger partial charge in [0.2, 0.25) is 0 Å². The van der Waals surface area contributed by atoms with Crippen molar-refractivity contribution in [3.63, 3.8) is 0 Å². The molecule has 1 aliphatic rings. The third-order valence-corrected chi connectivity index (χ3v) is 4.94. The van der Waals surface area contributed by atoms with Gasteiger partial charge in [-0.05, 0) is 37.8 Å². The summed E-state index contributed by atoms with van der Waals surface area (Å²) >= 11 is 0. The fourth-order valence-corrected chi connectivity index (χ4v) is 3.46. The number of carbonyl (C=O) groups is 1. The van der Waals surface area contributed by atoms with E-state index < -0.39 is 0 Å². The SMILES string of the molecule is Cc1cc(C(=O)N2CCC(Cn3cnc4ccccc4c3=O)CC2)no1. The predicted molar refractivity (Wildman–Crippen MR) is 95.9 cm³/mol. The minimum absolute atomic E-state index is 0.00724. The van der Waals surface area contributed by atoms with Gasteiger partial charge in [-0.25, -0.2) is 4.98 Å². The van der Waals surface area contributed by atoms with Crippen molar-refractivity contribution in [1.29, 1.82) is 0 Å². The van der Waals surface area contributed by atoms with Crippen molar-refractivity contribution in [2.24, 2.45) is 5.92 Å². The number of carbonyl (C=O) groups excluding carboxylic acids is 1. The van der Waals surface area contributed by atoms with Crippen LogP contribution < -0.4 is 5.56 Å². The Morgan fingerprint density at radius 3 is 2.77 bits per heavy atom. The minimum atomic E-state index is -0.0927. The first kappa shape index (κ1) is 16.5. The van der Waals surface area contributed by atoms with Crippen LogP contribution in [0.2, 0.25) is 0 Å². The molecule has 1 aliphatic heterocycles. The molecule has 1 fully saturated rings. The number of aryl methyl sites for hydroxylation is 1. The molecule has 7 heteroatoms. The molecule has 1 amide bonds. The molecule has 0 aliphatic carbocycles. The van der Waals surface area contributed by atoms with E-state index in [1.165, 1.54) is 0 Å². The van der Waals surface area contributed by atoms with E-state index in [9.17, 15) is 9.59 Å². The molecule has 0 radical (unpaired) electrons. The maximum atomic E-state index is 12.6. The van der Waals surface area contributed by atoms with Gasteiger partial charge in [-0.3, -0.25) is 14.2 Å². The van der Waals surface area contributed by atoms with Crippen LogP contribution in [0.5, 0.6) is 0 Å². The zero-order valence-electron chi connectivity index (χ0n) is 14.6. The molecule has 0 unspecified atom stereocenters. The molecular weight excluding hydrogens is 332 g/mol. The smallest absolute Gasteiger partial charge is 0.276 e. The molecular formula is C19H20N4O3. The summed E-state index contributed by atoms with van der Waals surface area (Å²) in [6.07, 6.45) is 3.32. The molecule has 0 bridgehead atoms. The van der Waals surface area contributed by atoms with E-state index in [1.807, 2.05) is 24.3 Å². The highest BCUT2D eigenvalue weighted by Gasteiger charge is 2.25. The summed E-state index contributed by atoms with van der Waals surface area (Å²) < 4.78 is 6.67. The van der Waals surface area contributed by atoms with Gasteiger partial charge in [-0.1, -0.05) is 17.3 Å². The quantitative estimate of drug-likeness (QED) is 0.722. The Labute approximate surface area is 150 Å². The lowest BCUT2D eigenvalue weighted by Crippen LogP contribution is -2.40. The Balaban J connectivity index is 1.42. The van der Waals surface area contributed by atoms with Crippen molar-refractivity contribution in [3.05, 3.63) is 58.5 Å². The van der Waals surface area contributed by atoms with Crippen LogP contribution in [0.3, 0.4) is 0 Å². The molecule has 1 aromatic carbocycles. The Kier molecular flexibility index (Phi) is 4.28. The number of rotatable bonds is 3. The summed E-state index contributed by atoms with van der Waals surface area (Å²) in [7, 11) is 0. The molecule has 26 heavy (non-hydrogen) atoms. The van der Waals surface area contributed by atoms with Crippen LogP contribution in [0, 0.1) is 12.8 Å². The van der Waals surface area contributed by atoms with Crippen molar-refractivity contribution in [3.8, 4) is 0 Å². The van der Waals surface area contributed by atoms with Gasteiger partial charge in [0.1, 0.15) is 5.76 Å². The zero-order chi connectivity index (χ0) is 18.1. The molecule has 7 nitrogen and oxygen atoms in total. The lowest BCUT2D eigenvalue weighted by molar-refractivity contribution is 0.0672. The molecule has 134 valence electrons. The van der Waals surface area contributed by atoms with E-state index in [2.05, 4.69) is 10.1 Å².